The number of allylic oxidation sites excluding steroid dienone is 1. The third-order valence-corrected chi connectivity index (χ3v) is 4.62. The first-order valence-electron chi connectivity index (χ1n) is 9.72. The number of piperidine rings is 2. The molecule has 2 nitrogen and oxygen atoms in total. The minimum Gasteiger partial charge on any atom is -0.297 e. The fraction of sp³-hybridized carbons (Fsp3) is 0.810. The second-order valence-corrected chi connectivity index (χ2v) is 7.03. The van der Waals surface area contributed by atoms with Crippen LogP contribution in [0.3, 0.4) is 0 Å². The van der Waals surface area contributed by atoms with Gasteiger partial charge in [-0.15, -0.1) is 0 Å². The summed E-state index contributed by atoms with van der Waals surface area (Å²) < 4.78 is 0. The molecule has 136 valence electrons. The Kier molecular flexibility index (Phi) is 12.4. The van der Waals surface area contributed by atoms with E-state index >= 15 is 0 Å². The molecule has 0 aromatic carbocycles. The van der Waals surface area contributed by atoms with Gasteiger partial charge in [-0.3, -0.25) is 9.80 Å². The lowest BCUT2D eigenvalue weighted by atomic mass is 10.0. The molecule has 2 rings (SSSR count). The molecule has 0 N–H and O–H groups in total. The monoisotopic (exact) mass is 322 g/mol. The number of likely N-dealkylation sites (tertiary alicyclic amines) is 2. The zero-order valence-electron chi connectivity index (χ0n) is 17.0. The zero-order chi connectivity index (χ0) is 17.8. The molecule has 0 atom stereocenters. The SMILES string of the molecule is C/C=C1/CCCN(C(C)C)C1.C=C1CCCN(C(C)C)C1.CC. The van der Waals surface area contributed by atoms with Gasteiger partial charge in [-0.1, -0.05) is 37.6 Å². The summed E-state index contributed by atoms with van der Waals surface area (Å²) in [7, 11) is 0. The van der Waals surface area contributed by atoms with Gasteiger partial charge in [-0.25, -0.2) is 0 Å². The molecule has 0 aromatic heterocycles. The van der Waals surface area contributed by atoms with Gasteiger partial charge in [0.2, 0.25) is 0 Å². The van der Waals surface area contributed by atoms with Crippen molar-refractivity contribution in [3.05, 3.63) is 23.8 Å². The number of nitrogens with zero attached hydrogens (tertiary/aromatic N) is 2. The second kappa shape index (κ2) is 12.8. The molecule has 0 saturated carbocycles. The molecule has 0 radical (unpaired) electrons. The standard InChI is InChI=1S/C10H19N.C9H17N.C2H6/c1-4-10-6-5-7-11(8-10)9(2)3;1-8(2)10-6-4-5-9(3)7-10;1-2/h4,9H,5-8H2,1-3H3;8H,3-7H2,1-2H3;1-2H3/b10-4-;;. The van der Waals surface area contributed by atoms with Crippen molar-refractivity contribution in [3.63, 3.8) is 0 Å². The van der Waals surface area contributed by atoms with Crippen molar-refractivity contribution in [1.82, 2.24) is 9.80 Å². The van der Waals surface area contributed by atoms with E-state index in [1.807, 2.05) is 13.8 Å². The Bertz CT molecular complexity index is 342. The summed E-state index contributed by atoms with van der Waals surface area (Å²) in [6.45, 7) is 24.1. The molecule has 0 aliphatic carbocycles. The Hall–Kier alpha value is -0.600. The summed E-state index contributed by atoms with van der Waals surface area (Å²) >= 11 is 0. The first-order chi connectivity index (χ1) is 10.9. The van der Waals surface area contributed by atoms with Crippen molar-refractivity contribution in [3.8, 4) is 0 Å². The number of hydrogen-bond acceptors (Lipinski definition) is 2. The highest BCUT2D eigenvalue weighted by Gasteiger charge is 2.15. The van der Waals surface area contributed by atoms with Crippen molar-refractivity contribution in [2.75, 3.05) is 26.2 Å². The predicted molar refractivity (Wildman–Crippen MR) is 106 cm³/mol. The molecule has 0 bridgehead atoms. The highest BCUT2D eigenvalue weighted by Crippen LogP contribution is 2.17. The maximum Gasteiger partial charge on any atom is 0.0195 e. The van der Waals surface area contributed by atoms with E-state index in [0.717, 1.165) is 6.54 Å². The van der Waals surface area contributed by atoms with Crippen molar-refractivity contribution in [2.45, 2.75) is 86.2 Å². The molecular weight excluding hydrogens is 280 g/mol. The van der Waals surface area contributed by atoms with Crippen LogP contribution in [0.4, 0.5) is 0 Å². The van der Waals surface area contributed by atoms with Gasteiger partial charge >= 0.3 is 0 Å². The summed E-state index contributed by atoms with van der Waals surface area (Å²) in [5.74, 6) is 0. The molecule has 2 fully saturated rings. The van der Waals surface area contributed by atoms with E-state index in [2.05, 4.69) is 57.1 Å². The van der Waals surface area contributed by atoms with Gasteiger partial charge < -0.3 is 0 Å². The lowest BCUT2D eigenvalue weighted by molar-refractivity contribution is 0.216. The first-order valence-corrected chi connectivity index (χ1v) is 9.72. The highest BCUT2D eigenvalue weighted by molar-refractivity contribution is 5.06. The smallest absolute Gasteiger partial charge is 0.0195 e. The van der Waals surface area contributed by atoms with Crippen molar-refractivity contribution < 1.29 is 0 Å². The molecule has 0 unspecified atom stereocenters. The summed E-state index contributed by atoms with van der Waals surface area (Å²) in [5, 5.41) is 0. The van der Waals surface area contributed by atoms with Crippen molar-refractivity contribution in [1.29, 1.82) is 0 Å². The van der Waals surface area contributed by atoms with Crippen LogP contribution in [0.15, 0.2) is 23.8 Å². The molecule has 2 aliphatic rings. The van der Waals surface area contributed by atoms with E-state index in [-0.39, 0.29) is 0 Å². The fourth-order valence-electron chi connectivity index (χ4n) is 3.02. The fourth-order valence-corrected chi connectivity index (χ4v) is 3.02. The quantitative estimate of drug-likeness (QED) is 0.618. The Labute approximate surface area is 146 Å². The van der Waals surface area contributed by atoms with Crippen LogP contribution in [0.5, 0.6) is 0 Å². The maximum absolute atomic E-state index is 4.01. The summed E-state index contributed by atoms with van der Waals surface area (Å²) in [4.78, 5) is 5.02. The Morgan fingerprint density at radius 2 is 1.35 bits per heavy atom. The van der Waals surface area contributed by atoms with Crippen LogP contribution in [0.25, 0.3) is 0 Å². The van der Waals surface area contributed by atoms with Crippen LogP contribution >= 0.6 is 0 Å². The topological polar surface area (TPSA) is 6.48 Å². The normalized spacial score (nSPS) is 21.8. The van der Waals surface area contributed by atoms with E-state index in [9.17, 15) is 0 Å². The summed E-state index contributed by atoms with van der Waals surface area (Å²) in [6, 6.07) is 1.40. The minimum atomic E-state index is 0.692. The van der Waals surface area contributed by atoms with Crippen molar-refractivity contribution >= 4 is 0 Å². The van der Waals surface area contributed by atoms with Crippen molar-refractivity contribution in [2.24, 2.45) is 0 Å². The maximum atomic E-state index is 4.01. The predicted octanol–water partition coefficient (Wildman–Crippen LogP) is 5.51. The van der Waals surface area contributed by atoms with Gasteiger partial charge in [0.1, 0.15) is 0 Å². The Morgan fingerprint density at radius 1 is 0.870 bits per heavy atom. The highest BCUT2D eigenvalue weighted by atomic mass is 15.2. The van der Waals surface area contributed by atoms with Crippen LogP contribution < -0.4 is 0 Å². The number of hydrogen-bond donors (Lipinski definition) is 0. The van der Waals surface area contributed by atoms with Gasteiger partial charge in [0.05, 0.1) is 0 Å². The van der Waals surface area contributed by atoms with E-state index in [1.165, 1.54) is 50.9 Å². The zero-order valence-corrected chi connectivity index (χ0v) is 17.0. The minimum absolute atomic E-state index is 0.692. The van der Waals surface area contributed by atoms with E-state index in [4.69, 9.17) is 0 Å². The summed E-state index contributed by atoms with van der Waals surface area (Å²) in [5.41, 5.74) is 3.02. The van der Waals surface area contributed by atoms with Crippen LogP contribution in [-0.4, -0.2) is 48.1 Å². The molecule has 2 heteroatoms. The average Bonchev–Trinajstić information content (AvgIpc) is 2.57. The Morgan fingerprint density at radius 3 is 1.74 bits per heavy atom. The van der Waals surface area contributed by atoms with Gasteiger partial charge in [0.25, 0.3) is 0 Å². The molecule has 2 aliphatic heterocycles. The first kappa shape index (κ1) is 22.4. The summed E-state index contributed by atoms with van der Waals surface area (Å²) in [6.07, 6.45) is 7.48. The average molecular weight is 323 g/mol. The second-order valence-electron chi connectivity index (χ2n) is 7.03. The molecule has 0 amide bonds. The van der Waals surface area contributed by atoms with Crippen LogP contribution in [0.2, 0.25) is 0 Å². The van der Waals surface area contributed by atoms with Crippen LogP contribution in [0.1, 0.15) is 74.1 Å². The lowest BCUT2D eigenvalue weighted by Gasteiger charge is -2.31. The third kappa shape index (κ3) is 9.32. The molecule has 2 saturated heterocycles. The number of rotatable bonds is 2. The van der Waals surface area contributed by atoms with Gasteiger partial charge in [0, 0.05) is 25.2 Å². The molecule has 0 aromatic rings. The van der Waals surface area contributed by atoms with Gasteiger partial charge in [-0.05, 0) is 73.4 Å². The Balaban J connectivity index is 0.000000381. The van der Waals surface area contributed by atoms with Gasteiger partial charge in [0.15, 0.2) is 0 Å². The van der Waals surface area contributed by atoms with Gasteiger partial charge in [-0.2, -0.15) is 0 Å². The van der Waals surface area contributed by atoms with Crippen LogP contribution in [0, 0.1) is 0 Å². The lowest BCUT2D eigenvalue weighted by Crippen LogP contribution is -2.36. The van der Waals surface area contributed by atoms with E-state index in [0.29, 0.717) is 12.1 Å². The molecule has 2 heterocycles. The van der Waals surface area contributed by atoms with Crippen LogP contribution in [-0.2, 0) is 0 Å². The van der Waals surface area contributed by atoms with E-state index in [1.54, 1.807) is 5.57 Å². The van der Waals surface area contributed by atoms with E-state index < -0.39 is 0 Å². The molecular formula is C21H42N2. The third-order valence-electron chi connectivity index (χ3n) is 4.62. The largest absolute Gasteiger partial charge is 0.297 e. The molecule has 0 spiro atoms. The molecule has 23 heavy (non-hydrogen) atoms.